The molecule has 1 aromatic heterocycles. The summed E-state index contributed by atoms with van der Waals surface area (Å²) in [5.74, 6) is 1.67. The molecular weight excluding hydrogens is 174 g/mol. The van der Waals surface area contributed by atoms with E-state index in [1.807, 2.05) is 19.4 Å². The zero-order valence-electron chi connectivity index (χ0n) is 8.66. The second-order valence-corrected chi connectivity index (χ2v) is 3.96. The summed E-state index contributed by atoms with van der Waals surface area (Å²) in [4.78, 5) is 8.86. The SMILES string of the molecule is CNCc1cnc(C2CCCC2)nc1. The molecule has 0 amide bonds. The van der Waals surface area contributed by atoms with Gasteiger partial charge >= 0.3 is 0 Å². The van der Waals surface area contributed by atoms with Crippen LogP contribution in [0.15, 0.2) is 12.4 Å². The molecule has 1 aliphatic carbocycles. The molecule has 0 atom stereocenters. The number of nitrogens with one attached hydrogen (secondary N) is 1. The van der Waals surface area contributed by atoms with Crippen LogP contribution in [-0.4, -0.2) is 17.0 Å². The van der Waals surface area contributed by atoms with Crippen LogP contribution in [0, 0.1) is 0 Å². The van der Waals surface area contributed by atoms with Gasteiger partial charge in [0.1, 0.15) is 5.82 Å². The first-order valence-electron chi connectivity index (χ1n) is 5.35. The Morgan fingerprint density at radius 2 is 1.93 bits per heavy atom. The maximum atomic E-state index is 4.43. The molecule has 1 aliphatic rings. The van der Waals surface area contributed by atoms with Gasteiger partial charge in [-0.25, -0.2) is 9.97 Å². The predicted octanol–water partition coefficient (Wildman–Crippen LogP) is 1.85. The van der Waals surface area contributed by atoms with Crippen LogP contribution in [0.2, 0.25) is 0 Å². The average molecular weight is 191 g/mol. The second-order valence-electron chi connectivity index (χ2n) is 3.96. The molecule has 0 saturated heterocycles. The van der Waals surface area contributed by atoms with Gasteiger partial charge in [0.05, 0.1) is 0 Å². The summed E-state index contributed by atoms with van der Waals surface area (Å²) < 4.78 is 0. The van der Waals surface area contributed by atoms with Crippen LogP contribution in [0.1, 0.15) is 43.0 Å². The third kappa shape index (κ3) is 2.10. The molecule has 0 spiro atoms. The minimum Gasteiger partial charge on any atom is -0.316 e. The topological polar surface area (TPSA) is 37.8 Å². The third-order valence-electron chi connectivity index (χ3n) is 2.83. The van der Waals surface area contributed by atoms with E-state index < -0.39 is 0 Å². The molecular formula is C11H17N3. The van der Waals surface area contributed by atoms with Gasteiger partial charge in [-0.05, 0) is 19.9 Å². The van der Waals surface area contributed by atoms with Gasteiger partial charge in [-0.2, -0.15) is 0 Å². The van der Waals surface area contributed by atoms with Crippen molar-refractivity contribution in [3.8, 4) is 0 Å². The number of aromatic nitrogens is 2. The third-order valence-corrected chi connectivity index (χ3v) is 2.83. The van der Waals surface area contributed by atoms with Gasteiger partial charge in [-0.1, -0.05) is 12.8 Å². The smallest absolute Gasteiger partial charge is 0.131 e. The molecule has 3 heteroatoms. The average Bonchev–Trinajstić information content (AvgIpc) is 2.72. The summed E-state index contributed by atoms with van der Waals surface area (Å²) in [5.41, 5.74) is 1.16. The standard InChI is InChI=1S/C11H17N3/c1-12-6-9-7-13-11(14-8-9)10-4-2-3-5-10/h7-8,10,12H,2-6H2,1H3. The second kappa shape index (κ2) is 4.51. The summed E-state index contributed by atoms with van der Waals surface area (Å²) in [6.07, 6.45) is 9.10. The molecule has 3 nitrogen and oxygen atoms in total. The van der Waals surface area contributed by atoms with E-state index in [0.29, 0.717) is 5.92 Å². The molecule has 1 heterocycles. The Labute approximate surface area is 85.0 Å². The van der Waals surface area contributed by atoms with Gasteiger partial charge in [0.15, 0.2) is 0 Å². The van der Waals surface area contributed by atoms with Crippen molar-refractivity contribution in [1.29, 1.82) is 0 Å². The molecule has 0 radical (unpaired) electrons. The van der Waals surface area contributed by atoms with Gasteiger partial charge in [0.2, 0.25) is 0 Å². The highest BCUT2D eigenvalue weighted by molar-refractivity contribution is 5.07. The largest absolute Gasteiger partial charge is 0.316 e. The number of hydrogen-bond acceptors (Lipinski definition) is 3. The molecule has 0 unspecified atom stereocenters. The first-order valence-corrected chi connectivity index (χ1v) is 5.35. The summed E-state index contributed by atoms with van der Waals surface area (Å²) in [6.45, 7) is 0.852. The van der Waals surface area contributed by atoms with Crippen molar-refractivity contribution in [3.63, 3.8) is 0 Å². The highest BCUT2D eigenvalue weighted by atomic mass is 14.9. The Morgan fingerprint density at radius 3 is 2.50 bits per heavy atom. The van der Waals surface area contributed by atoms with E-state index in [9.17, 15) is 0 Å². The normalized spacial score (nSPS) is 17.5. The van der Waals surface area contributed by atoms with Crippen LogP contribution in [0.4, 0.5) is 0 Å². The van der Waals surface area contributed by atoms with E-state index in [2.05, 4.69) is 15.3 Å². The molecule has 0 bridgehead atoms. The Bertz CT molecular complexity index is 275. The fourth-order valence-electron chi connectivity index (χ4n) is 2.06. The zero-order chi connectivity index (χ0) is 9.80. The molecule has 0 aliphatic heterocycles. The van der Waals surface area contributed by atoms with Crippen molar-refractivity contribution >= 4 is 0 Å². The highest BCUT2D eigenvalue weighted by Crippen LogP contribution is 2.31. The molecule has 0 aromatic carbocycles. The summed E-state index contributed by atoms with van der Waals surface area (Å²) in [7, 11) is 1.94. The predicted molar refractivity (Wildman–Crippen MR) is 56.0 cm³/mol. The molecule has 1 N–H and O–H groups in total. The van der Waals surface area contributed by atoms with Crippen molar-refractivity contribution in [3.05, 3.63) is 23.8 Å². The lowest BCUT2D eigenvalue weighted by molar-refractivity contribution is 0.662. The van der Waals surface area contributed by atoms with Crippen LogP contribution in [0.25, 0.3) is 0 Å². The minimum absolute atomic E-state index is 0.624. The van der Waals surface area contributed by atoms with E-state index >= 15 is 0 Å². The van der Waals surface area contributed by atoms with Crippen LogP contribution in [0.3, 0.4) is 0 Å². The van der Waals surface area contributed by atoms with E-state index in [-0.39, 0.29) is 0 Å². The first-order chi connectivity index (χ1) is 6.90. The van der Waals surface area contributed by atoms with Gasteiger partial charge in [0, 0.05) is 30.4 Å². The van der Waals surface area contributed by atoms with Crippen molar-refractivity contribution in [2.75, 3.05) is 7.05 Å². The van der Waals surface area contributed by atoms with Crippen molar-refractivity contribution in [1.82, 2.24) is 15.3 Å². The maximum absolute atomic E-state index is 4.43. The van der Waals surface area contributed by atoms with Crippen molar-refractivity contribution in [2.45, 2.75) is 38.1 Å². The van der Waals surface area contributed by atoms with Crippen molar-refractivity contribution in [2.24, 2.45) is 0 Å². The number of rotatable bonds is 3. The lowest BCUT2D eigenvalue weighted by atomic mass is 10.1. The number of hydrogen-bond donors (Lipinski definition) is 1. The molecule has 2 rings (SSSR count). The van der Waals surface area contributed by atoms with Gasteiger partial charge < -0.3 is 5.32 Å². The molecule has 14 heavy (non-hydrogen) atoms. The van der Waals surface area contributed by atoms with E-state index in [1.54, 1.807) is 0 Å². The molecule has 1 saturated carbocycles. The van der Waals surface area contributed by atoms with Gasteiger partial charge in [-0.15, -0.1) is 0 Å². The zero-order valence-corrected chi connectivity index (χ0v) is 8.66. The highest BCUT2D eigenvalue weighted by Gasteiger charge is 2.19. The Hall–Kier alpha value is -0.960. The van der Waals surface area contributed by atoms with E-state index in [0.717, 1.165) is 17.9 Å². The quantitative estimate of drug-likeness (QED) is 0.792. The maximum Gasteiger partial charge on any atom is 0.131 e. The lowest BCUT2D eigenvalue weighted by Gasteiger charge is -2.07. The van der Waals surface area contributed by atoms with Crippen LogP contribution in [0.5, 0.6) is 0 Å². The number of nitrogens with zero attached hydrogens (tertiary/aromatic N) is 2. The molecule has 1 aromatic rings. The molecule has 1 fully saturated rings. The first kappa shape index (κ1) is 9.59. The summed E-state index contributed by atoms with van der Waals surface area (Å²) in [6, 6.07) is 0. The minimum atomic E-state index is 0.624. The molecule has 76 valence electrons. The Kier molecular flexibility index (Phi) is 3.09. The fraction of sp³-hybridized carbons (Fsp3) is 0.636. The fourth-order valence-corrected chi connectivity index (χ4v) is 2.06. The van der Waals surface area contributed by atoms with Crippen LogP contribution >= 0.6 is 0 Å². The van der Waals surface area contributed by atoms with Crippen LogP contribution < -0.4 is 5.32 Å². The van der Waals surface area contributed by atoms with E-state index in [4.69, 9.17) is 0 Å². The van der Waals surface area contributed by atoms with Gasteiger partial charge in [0.25, 0.3) is 0 Å². The monoisotopic (exact) mass is 191 g/mol. The summed E-state index contributed by atoms with van der Waals surface area (Å²) >= 11 is 0. The van der Waals surface area contributed by atoms with Crippen LogP contribution in [-0.2, 0) is 6.54 Å². The Balaban J connectivity index is 2.05. The Morgan fingerprint density at radius 1 is 1.29 bits per heavy atom. The summed E-state index contributed by atoms with van der Waals surface area (Å²) in [5, 5.41) is 3.09. The van der Waals surface area contributed by atoms with Crippen molar-refractivity contribution < 1.29 is 0 Å². The lowest BCUT2D eigenvalue weighted by Crippen LogP contribution is -2.07. The van der Waals surface area contributed by atoms with E-state index in [1.165, 1.54) is 25.7 Å². The van der Waals surface area contributed by atoms with Gasteiger partial charge in [-0.3, -0.25) is 0 Å².